The first-order chi connectivity index (χ1) is 17.1. The van der Waals surface area contributed by atoms with E-state index >= 15 is 0 Å². The summed E-state index contributed by atoms with van der Waals surface area (Å²) < 4.78 is 16.1. The number of hydrogen-bond donors (Lipinski definition) is 1. The molecule has 0 aliphatic carbocycles. The number of methoxy groups -OCH3 is 2. The Labute approximate surface area is 205 Å². The van der Waals surface area contributed by atoms with Crippen LogP contribution in [0.2, 0.25) is 0 Å². The molecule has 35 heavy (non-hydrogen) atoms. The van der Waals surface area contributed by atoms with Gasteiger partial charge in [-0.3, -0.25) is 10.1 Å². The van der Waals surface area contributed by atoms with E-state index in [1.807, 2.05) is 72.8 Å². The van der Waals surface area contributed by atoms with Gasteiger partial charge in [-0.1, -0.05) is 12.1 Å². The fourth-order valence-corrected chi connectivity index (χ4v) is 3.99. The van der Waals surface area contributed by atoms with Crippen LogP contribution in [0.5, 0.6) is 11.5 Å². The van der Waals surface area contributed by atoms with Crippen molar-refractivity contribution in [2.45, 2.75) is 5.22 Å². The molecule has 2 heterocycles. The van der Waals surface area contributed by atoms with Gasteiger partial charge in [-0.25, -0.2) is 15.0 Å². The Balaban J connectivity index is 1.46. The monoisotopic (exact) mass is 484 g/mol. The quantitative estimate of drug-likeness (QED) is 0.281. The molecule has 0 saturated carbocycles. The van der Waals surface area contributed by atoms with E-state index in [1.165, 1.54) is 0 Å². The normalized spacial score (nSPS) is 10.8. The Kier molecular flexibility index (Phi) is 6.32. The lowest BCUT2D eigenvalue weighted by Crippen LogP contribution is -2.09. The molecule has 0 radical (unpaired) electrons. The average molecular weight is 485 g/mol. The smallest absolute Gasteiger partial charge is 0.295 e. The minimum absolute atomic E-state index is 0.165. The minimum Gasteiger partial charge on any atom is -0.497 e. The van der Waals surface area contributed by atoms with Gasteiger partial charge in [-0.15, -0.1) is 0 Å². The average Bonchev–Trinajstić information content (AvgIpc) is 3.30. The molecule has 0 aliphatic rings. The number of oxazole rings is 1. The summed E-state index contributed by atoms with van der Waals surface area (Å²) in [5.41, 5.74) is 4.30. The highest BCUT2D eigenvalue weighted by molar-refractivity contribution is 8.13. The van der Waals surface area contributed by atoms with Gasteiger partial charge in [0, 0.05) is 22.9 Å². The van der Waals surface area contributed by atoms with Crippen LogP contribution in [0.3, 0.4) is 0 Å². The highest BCUT2D eigenvalue weighted by Gasteiger charge is 2.15. The first-order valence-corrected chi connectivity index (χ1v) is 11.5. The maximum atomic E-state index is 12.8. The molecule has 1 amide bonds. The van der Waals surface area contributed by atoms with E-state index in [0.29, 0.717) is 22.5 Å². The predicted molar refractivity (Wildman–Crippen MR) is 135 cm³/mol. The Bertz CT molecular complexity index is 1390. The third-order valence-electron chi connectivity index (χ3n) is 5.17. The van der Waals surface area contributed by atoms with Crippen LogP contribution in [0.25, 0.3) is 33.6 Å². The number of thioether (sulfide) groups is 1. The molecule has 5 aromatic rings. The molecule has 3 aromatic carbocycles. The molecule has 0 bridgehead atoms. The number of nitrogens with zero attached hydrogens (tertiary/aromatic N) is 3. The molecule has 174 valence electrons. The number of carbonyl (C=O) groups is 1. The van der Waals surface area contributed by atoms with Crippen molar-refractivity contribution in [3.05, 3.63) is 78.9 Å². The van der Waals surface area contributed by atoms with Gasteiger partial charge in [0.1, 0.15) is 17.0 Å². The van der Waals surface area contributed by atoms with E-state index in [2.05, 4.69) is 20.3 Å². The number of nitrogens with one attached hydrogen (secondary N) is 1. The molecule has 5 rings (SSSR count). The predicted octanol–water partition coefficient (Wildman–Crippen LogP) is 6.29. The van der Waals surface area contributed by atoms with Crippen LogP contribution in [0.4, 0.5) is 10.7 Å². The largest absolute Gasteiger partial charge is 0.497 e. The van der Waals surface area contributed by atoms with E-state index in [9.17, 15) is 4.79 Å². The topological polar surface area (TPSA) is 99.4 Å². The zero-order valence-corrected chi connectivity index (χ0v) is 19.7. The molecule has 9 heteroatoms. The number of anilines is 1. The summed E-state index contributed by atoms with van der Waals surface area (Å²) in [5.74, 6) is 1.64. The second-order valence-corrected chi connectivity index (χ2v) is 8.31. The Morgan fingerprint density at radius 1 is 0.800 bits per heavy atom. The lowest BCUT2D eigenvalue weighted by molar-refractivity contribution is 0.269. The summed E-state index contributed by atoms with van der Waals surface area (Å²) >= 11 is 0.837. The first kappa shape index (κ1) is 22.4. The third kappa shape index (κ3) is 5.10. The Morgan fingerprint density at radius 3 is 1.91 bits per heavy atom. The number of para-hydroxylation sites is 2. The van der Waals surface area contributed by atoms with Gasteiger partial charge in [0.15, 0.2) is 5.58 Å². The molecule has 0 atom stereocenters. The van der Waals surface area contributed by atoms with Gasteiger partial charge in [-0.2, -0.15) is 0 Å². The van der Waals surface area contributed by atoms with Gasteiger partial charge in [0.25, 0.3) is 10.5 Å². The third-order valence-corrected chi connectivity index (χ3v) is 5.80. The fraction of sp³-hybridized carbons (Fsp3) is 0.0769. The van der Waals surface area contributed by atoms with Crippen molar-refractivity contribution in [2.24, 2.45) is 0 Å². The highest BCUT2D eigenvalue weighted by atomic mass is 32.2. The van der Waals surface area contributed by atoms with E-state index in [0.717, 1.165) is 34.4 Å². The summed E-state index contributed by atoms with van der Waals surface area (Å²) in [6.45, 7) is 0. The van der Waals surface area contributed by atoms with Crippen LogP contribution >= 0.6 is 11.8 Å². The van der Waals surface area contributed by atoms with Gasteiger partial charge in [0.2, 0.25) is 5.95 Å². The van der Waals surface area contributed by atoms with Crippen molar-refractivity contribution in [1.29, 1.82) is 0 Å². The summed E-state index contributed by atoms with van der Waals surface area (Å²) in [6, 6.07) is 24.2. The lowest BCUT2D eigenvalue weighted by atomic mass is 10.1. The second kappa shape index (κ2) is 9.86. The van der Waals surface area contributed by atoms with Crippen LogP contribution in [-0.4, -0.2) is 34.4 Å². The SMILES string of the molecule is COc1ccc(-c2cc(-c3ccc(OC)cc3)nc(NC(=O)Sc3nc4ccccc4o3)n2)cc1. The summed E-state index contributed by atoms with van der Waals surface area (Å²) in [4.78, 5) is 26.2. The number of hydrogen-bond acceptors (Lipinski definition) is 8. The number of aromatic nitrogens is 3. The maximum Gasteiger partial charge on any atom is 0.295 e. The Morgan fingerprint density at radius 2 is 1.37 bits per heavy atom. The number of carbonyl (C=O) groups excluding carboxylic acids is 1. The zero-order chi connectivity index (χ0) is 24.2. The van der Waals surface area contributed by atoms with Gasteiger partial charge in [-0.05, 0) is 66.7 Å². The van der Waals surface area contributed by atoms with E-state index < -0.39 is 5.24 Å². The fourth-order valence-electron chi connectivity index (χ4n) is 3.41. The van der Waals surface area contributed by atoms with E-state index in [-0.39, 0.29) is 11.2 Å². The zero-order valence-electron chi connectivity index (χ0n) is 18.9. The molecule has 0 unspecified atom stereocenters. The molecule has 2 aromatic heterocycles. The molecule has 0 aliphatic heterocycles. The van der Waals surface area contributed by atoms with Crippen molar-refractivity contribution < 1.29 is 18.7 Å². The van der Waals surface area contributed by atoms with Crippen molar-refractivity contribution in [3.63, 3.8) is 0 Å². The number of ether oxygens (including phenoxy) is 2. The van der Waals surface area contributed by atoms with Crippen LogP contribution < -0.4 is 14.8 Å². The summed E-state index contributed by atoms with van der Waals surface area (Å²) in [5, 5.41) is 2.58. The number of rotatable bonds is 6. The minimum atomic E-state index is -0.413. The molecule has 0 spiro atoms. The molecule has 1 N–H and O–H groups in total. The molecule has 8 nitrogen and oxygen atoms in total. The Hall–Kier alpha value is -4.37. The van der Waals surface area contributed by atoms with Crippen LogP contribution in [0.1, 0.15) is 0 Å². The highest BCUT2D eigenvalue weighted by Crippen LogP contribution is 2.29. The van der Waals surface area contributed by atoms with E-state index in [4.69, 9.17) is 13.9 Å². The molecule has 0 fully saturated rings. The van der Waals surface area contributed by atoms with Crippen LogP contribution in [0.15, 0.2) is 88.5 Å². The molecule has 0 saturated heterocycles. The molecular formula is C26H20N4O4S. The standard InChI is InChI=1S/C26H20N4O4S/c1-32-18-11-7-16(8-12-18)21-15-22(17-9-13-19(33-2)14-10-17)28-24(27-21)30-25(31)35-26-29-20-5-3-4-6-23(20)34-26/h3-15H,1-2H3,(H,27,28,30,31). The van der Waals surface area contributed by atoms with Crippen molar-refractivity contribution >= 4 is 34.0 Å². The maximum absolute atomic E-state index is 12.8. The summed E-state index contributed by atoms with van der Waals surface area (Å²) in [6.07, 6.45) is 0. The van der Waals surface area contributed by atoms with Crippen molar-refractivity contribution in [1.82, 2.24) is 15.0 Å². The van der Waals surface area contributed by atoms with Gasteiger partial charge >= 0.3 is 0 Å². The first-order valence-electron chi connectivity index (χ1n) is 10.6. The number of amides is 1. The van der Waals surface area contributed by atoms with Crippen molar-refractivity contribution in [3.8, 4) is 34.0 Å². The number of fused-ring (bicyclic) bond motifs is 1. The number of benzene rings is 3. The second-order valence-electron chi connectivity index (χ2n) is 7.38. The molecular weight excluding hydrogens is 464 g/mol. The van der Waals surface area contributed by atoms with Crippen LogP contribution in [-0.2, 0) is 0 Å². The van der Waals surface area contributed by atoms with Crippen LogP contribution in [0, 0.1) is 0 Å². The van der Waals surface area contributed by atoms with E-state index in [1.54, 1.807) is 20.3 Å². The van der Waals surface area contributed by atoms with Gasteiger partial charge < -0.3 is 13.9 Å². The summed E-state index contributed by atoms with van der Waals surface area (Å²) in [7, 11) is 3.23. The van der Waals surface area contributed by atoms with Gasteiger partial charge in [0.05, 0.1) is 25.6 Å². The van der Waals surface area contributed by atoms with Crippen molar-refractivity contribution in [2.75, 3.05) is 19.5 Å². The lowest BCUT2D eigenvalue weighted by Gasteiger charge is -2.10.